The van der Waals surface area contributed by atoms with Gasteiger partial charge in [-0.05, 0) is 32.2 Å². The van der Waals surface area contributed by atoms with E-state index < -0.39 is 0 Å². The third kappa shape index (κ3) is 2.38. The molecular formula is C13H22N2O2. The Hall–Kier alpha value is -0.870. The SMILES string of the molecule is C=CCN1CCCC12CCCN(C(=O)CO)C2. The molecule has 96 valence electrons. The zero-order chi connectivity index (χ0) is 12.3. The molecule has 0 bridgehead atoms. The largest absolute Gasteiger partial charge is 0.387 e. The number of rotatable bonds is 3. The van der Waals surface area contributed by atoms with Crippen molar-refractivity contribution in [3.05, 3.63) is 12.7 Å². The van der Waals surface area contributed by atoms with E-state index in [9.17, 15) is 4.79 Å². The molecule has 2 saturated heterocycles. The maximum absolute atomic E-state index is 11.6. The second kappa shape index (κ2) is 5.19. The standard InChI is InChI=1S/C13H22N2O2/c1-2-7-15-9-4-6-13(15)5-3-8-14(11-13)12(17)10-16/h2,16H,1,3-11H2. The summed E-state index contributed by atoms with van der Waals surface area (Å²) >= 11 is 0. The topological polar surface area (TPSA) is 43.8 Å². The predicted molar refractivity (Wildman–Crippen MR) is 66.6 cm³/mol. The highest BCUT2D eigenvalue weighted by Crippen LogP contribution is 2.36. The summed E-state index contributed by atoms with van der Waals surface area (Å²) in [6, 6.07) is 0. The van der Waals surface area contributed by atoms with Crippen LogP contribution in [0.25, 0.3) is 0 Å². The first-order valence-electron chi connectivity index (χ1n) is 6.46. The molecule has 1 unspecified atom stereocenters. The molecule has 4 nitrogen and oxygen atoms in total. The van der Waals surface area contributed by atoms with Crippen LogP contribution in [0.5, 0.6) is 0 Å². The zero-order valence-corrected chi connectivity index (χ0v) is 10.4. The molecule has 2 rings (SSSR count). The van der Waals surface area contributed by atoms with Crippen molar-refractivity contribution in [2.24, 2.45) is 0 Å². The second-order valence-corrected chi connectivity index (χ2v) is 5.14. The monoisotopic (exact) mass is 238 g/mol. The predicted octanol–water partition coefficient (Wildman–Crippen LogP) is 0.622. The van der Waals surface area contributed by atoms with Crippen molar-refractivity contribution in [3.8, 4) is 0 Å². The Morgan fingerprint density at radius 2 is 2.06 bits per heavy atom. The fourth-order valence-electron chi connectivity index (χ4n) is 3.32. The van der Waals surface area contributed by atoms with Gasteiger partial charge in [0.2, 0.25) is 5.91 Å². The first kappa shape index (κ1) is 12.6. The fourth-order valence-corrected chi connectivity index (χ4v) is 3.32. The van der Waals surface area contributed by atoms with Crippen LogP contribution in [0.15, 0.2) is 12.7 Å². The third-order valence-electron chi connectivity index (χ3n) is 4.13. The quantitative estimate of drug-likeness (QED) is 0.733. The Morgan fingerprint density at radius 1 is 1.35 bits per heavy atom. The van der Waals surface area contributed by atoms with Gasteiger partial charge in [0.05, 0.1) is 0 Å². The normalized spacial score (nSPS) is 29.8. The highest BCUT2D eigenvalue weighted by Gasteiger charge is 2.43. The average Bonchev–Trinajstić information content (AvgIpc) is 2.72. The van der Waals surface area contributed by atoms with Gasteiger partial charge in [-0.3, -0.25) is 9.69 Å². The number of carbonyl (C=O) groups is 1. The lowest BCUT2D eigenvalue weighted by Gasteiger charge is -2.45. The van der Waals surface area contributed by atoms with Crippen LogP contribution in [0.2, 0.25) is 0 Å². The number of piperidine rings is 1. The maximum atomic E-state index is 11.6. The van der Waals surface area contributed by atoms with E-state index in [1.165, 1.54) is 6.42 Å². The first-order chi connectivity index (χ1) is 8.22. The van der Waals surface area contributed by atoms with E-state index in [1.54, 1.807) is 0 Å². The van der Waals surface area contributed by atoms with Gasteiger partial charge in [0.15, 0.2) is 0 Å². The minimum Gasteiger partial charge on any atom is -0.387 e. The van der Waals surface area contributed by atoms with Crippen LogP contribution in [0, 0.1) is 0 Å². The Morgan fingerprint density at radius 3 is 2.71 bits per heavy atom. The lowest BCUT2D eigenvalue weighted by atomic mass is 9.86. The van der Waals surface area contributed by atoms with Crippen LogP contribution in [0.4, 0.5) is 0 Å². The minimum atomic E-state index is -0.364. The molecule has 0 aromatic rings. The number of carbonyl (C=O) groups excluding carboxylic acids is 1. The summed E-state index contributed by atoms with van der Waals surface area (Å²) in [5, 5.41) is 8.97. The van der Waals surface area contributed by atoms with E-state index in [1.807, 2.05) is 11.0 Å². The van der Waals surface area contributed by atoms with Crippen LogP contribution >= 0.6 is 0 Å². The molecule has 1 N–H and O–H groups in total. The van der Waals surface area contributed by atoms with Crippen molar-refractivity contribution in [1.82, 2.24) is 9.80 Å². The molecule has 1 spiro atoms. The van der Waals surface area contributed by atoms with Crippen molar-refractivity contribution >= 4 is 5.91 Å². The van der Waals surface area contributed by atoms with Gasteiger partial charge in [0.1, 0.15) is 6.61 Å². The second-order valence-electron chi connectivity index (χ2n) is 5.14. The van der Waals surface area contributed by atoms with Crippen molar-refractivity contribution < 1.29 is 9.90 Å². The fraction of sp³-hybridized carbons (Fsp3) is 0.769. The van der Waals surface area contributed by atoms with E-state index in [0.717, 1.165) is 45.4 Å². The molecule has 17 heavy (non-hydrogen) atoms. The van der Waals surface area contributed by atoms with Gasteiger partial charge in [0, 0.05) is 25.2 Å². The summed E-state index contributed by atoms with van der Waals surface area (Å²) < 4.78 is 0. The number of hydrogen-bond donors (Lipinski definition) is 1. The Balaban J connectivity index is 2.08. The Bertz CT molecular complexity index is 306. The van der Waals surface area contributed by atoms with Crippen molar-refractivity contribution in [2.45, 2.75) is 31.2 Å². The van der Waals surface area contributed by atoms with Crippen molar-refractivity contribution in [2.75, 3.05) is 32.8 Å². The van der Waals surface area contributed by atoms with Crippen LogP contribution in [-0.4, -0.2) is 59.1 Å². The molecule has 1 amide bonds. The lowest BCUT2D eigenvalue weighted by Crippen LogP contribution is -2.57. The first-order valence-corrected chi connectivity index (χ1v) is 6.46. The maximum Gasteiger partial charge on any atom is 0.248 e. The van der Waals surface area contributed by atoms with Crippen LogP contribution in [0.3, 0.4) is 0 Å². The van der Waals surface area contributed by atoms with Crippen LogP contribution in [0.1, 0.15) is 25.7 Å². The van der Waals surface area contributed by atoms with E-state index in [-0.39, 0.29) is 18.1 Å². The van der Waals surface area contributed by atoms with Gasteiger partial charge in [-0.2, -0.15) is 0 Å². The summed E-state index contributed by atoms with van der Waals surface area (Å²) in [6.07, 6.45) is 6.51. The number of aliphatic hydroxyl groups excluding tert-OH is 1. The summed E-state index contributed by atoms with van der Waals surface area (Å²) in [6.45, 7) is 7.03. The van der Waals surface area contributed by atoms with Crippen molar-refractivity contribution in [1.29, 1.82) is 0 Å². The lowest BCUT2D eigenvalue weighted by molar-refractivity contribution is -0.137. The molecule has 0 aromatic carbocycles. The summed E-state index contributed by atoms with van der Waals surface area (Å²) in [7, 11) is 0. The molecule has 2 fully saturated rings. The minimum absolute atomic E-state index is 0.130. The Kier molecular flexibility index (Phi) is 3.84. The van der Waals surface area contributed by atoms with Gasteiger partial charge in [0.25, 0.3) is 0 Å². The van der Waals surface area contributed by atoms with E-state index in [2.05, 4.69) is 11.5 Å². The molecule has 2 aliphatic heterocycles. The summed E-state index contributed by atoms with van der Waals surface area (Å²) in [5.74, 6) is -0.130. The molecule has 2 heterocycles. The van der Waals surface area contributed by atoms with Crippen LogP contribution in [-0.2, 0) is 4.79 Å². The molecular weight excluding hydrogens is 216 g/mol. The Labute approximate surface area is 103 Å². The number of hydrogen-bond acceptors (Lipinski definition) is 3. The van der Waals surface area contributed by atoms with E-state index >= 15 is 0 Å². The molecule has 0 aliphatic carbocycles. The van der Waals surface area contributed by atoms with Gasteiger partial charge in [-0.1, -0.05) is 6.08 Å². The number of aliphatic hydroxyl groups is 1. The highest BCUT2D eigenvalue weighted by molar-refractivity contribution is 5.77. The van der Waals surface area contributed by atoms with E-state index in [4.69, 9.17) is 5.11 Å². The molecule has 0 saturated carbocycles. The van der Waals surface area contributed by atoms with Gasteiger partial charge in [-0.15, -0.1) is 6.58 Å². The van der Waals surface area contributed by atoms with Gasteiger partial charge < -0.3 is 10.0 Å². The molecule has 0 aromatic heterocycles. The highest BCUT2D eigenvalue weighted by atomic mass is 16.3. The molecule has 0 radical (unpaired) electrons. The van der Waals surface area contributed by atoms with E-state index in [0.29, 0.717) is 0 Å². The molecule has 4 heteroatoms. The van der Waals surface area contributed by atoms with Crippen LogP contribution < -0.4 is 0 Å². The number of amides is 1. The molecule has 1 atom stereocenters. The zero-order valence-electron chi connectivity index (χ0n) is 10.4. The smallest absolute Gasteiger partial charge is 0.248 e. The van der Waals surface area contributed by atoms with Crippen molar-refractivity contribution in [3.63, 3.8) is 0 Å². The molecule has 2 aliphatic rings. The number of likely N-dealkylation sites (tertiary alicyclic amines) is 2. The summed E-state index contributed by atoms with van der Waals surface area (Å²) in [4.78, 5) is 15.9. The average molecular weight is 238 g/mol. The van der Waals surface area contributed by atoms with Gasteiger partial charge >= 0.3 is 0 Å². The summed E-state index contributed by atoms with van der Waals surface area (Å²) in [5.41, 5.74) is 0.150. The third-order valence-corrected chi connectivity index (χ3v) is 4.13. The number of nitrogens with zero attached hydrogens (tertiary/aromatic N) is 2. The van der Waals surface area contributed by atoms with Gasteiger partial charge in [-0.25, -0.2) is 0 Å².